The van der Waals surface area contributed by atoms with E-state index in [2.05, 4.69) is 11.9 Å². The molecule has 0 rings (SSSR count). The van der Waals surface area contributed by atoms with Crippen molar-refractivity contribution in [3.05, 3.63) is 12.7 Å². The zero-order valence-corrected chi connectivity index (χ0v) is 9.75. The first kappa shape index (κ1) is 15.3. The highest BCUT2D eigenvalue weighted by Crippen LogP contribution is 2.27. The molecular formula is C9H15F3N2OS. The van der Waals surface area contributed by atoms with E-state index in [1.807, 2.05) is 0 Å². The fourth-order valence-corrected chi connectivity index (χ4v) is 1.30. The Morgan fingerprint density at radius 3 is 2.56 bits per heavy atom. The molecule has 3 N–H and O–H groups in total. The zero-order valence-electron chi connectivity index (χ0n) is 8.93. The Bertz CT molecular complexity index is 254. The summed E-state index contributed by atoms with van der Waals surface area (Å²) >= 11 is 1.46. The average Bonchev–Trinajstić information content (AvgIpc) is 2.15. The van der Waals surface area contributed by atoms with Gasteiger partial charge in [0.05, 0.1) is 0 Å². The SMILES string of the molecule is C=CCSCCNC(=O)C(C)(N)C(F)(F)F. The Kier molecular flexibility index (Phi) is 5.88. The summed E-state index contributed by atoms with van der Waals surface area (Å²) in [5.41, 5.74) is 2.08. The summed E-state index contributed by atoms with van der Waals surface area (Å²) < 4.78 is 36.9. The summed E-state index contributed by atoms with van der Waals surface area (Å²) in [5.74, 6) is -0.0000124. The topological polar surface area (TPSA) is 55.1 Å². The van der Waals surface area contributed by atoms with Gasteiger partial charge in [-0.15, -0.1) is 6.58 Å². The molecule has 0 fully saturated rings. The van der Waals surface area contributed by atoms with Gasteiger partial charge in [0.1, 0.15) is 0 Å². The lowest BCUT2D eigenvalue weighted by Crippen LogP contribution is -2.61. The van der Waals surface area contributed by atoms with E-state index in [1.165, 1.54) is 11.8 Å². The molecule has 0 bridgehead atoms. The number of carbonyl (C=O) groups is 1. The zero-order chi connectivity index (χ0) is 12.8. The fourth-order valence-electron chi connectivity index (χ4n) is 0.716. The Morgan fingerprint density at radius 2 is 2.12 bits per heavy atom. The molecule has 1 atom stereocenters. The van der Waals surface area contributed by atoms with Crippen molar-refractivity contribution in [2.75, 3.05) is 18.1 Å². The number of carbonyl (C=O) groups excluding carboxylic acids is 1. The molecule has 0 saturated carbocycles. The monoisotopic (exact) mass is 256 g/mol. The molecule has 16 heavy (non-hydrogen) atoms. The van der Waals surface area contributed by atoms with Crippen LogP contribution >= 0.6 is 11.8 Å². The third-order valence-corrected chi connectivity index (χ3v) is 2.79. The highest BCUT2D eigenvalue weighted by atomic mass is 32.2. The van der Waals surface area contributed by atoms with Crippen molar-refractivity contribution in [1.82, 2.24) is 5.32 Å². The average molecular weight is 256 g/mol. The summed E-state index contributed by atoms with van der Waals surface area (Å²) in [6.45, 7) is 4.29. The van der Waals surface area contributed by atoms with Crippen LogP contribution in [0.15, 0.2) is 12.7 Å². The van der Waals surface area contributed by atoms with Crippen molar-refractivity contribution < 1.29 is 18.0 Å². The van der Waals surface area contributed by atoms with Crippen molar-refractivity contribution in [3.63, 3.8) is 0 Å². The summed E-state index contributed by atoms with van der Waals surface area (Å²) in [4.78, 5) is 11.2. The van der Waals surface area contributed by atoms with E-state index >= 15 is 0 Å². The molecule has 1 amide bonds. The standard InChI is InChI=1S/C9H15F3N2OS/c1-3-5-16-6-4-14-7(15)8(2,13)9(10,11)12/h3H,1,4-6,13H2,2H3,(H,14,15). The molecule has 0 aromatic heterocycles. The maximum atomic E-state index is 12.3. The molecular weight excluding hydrogens is 241 g/mol. The van der Waals surface area contributed by atoms with E-state index in [1.54, 1.807) is 6.08 Å². The van der Waals surface area contributed by atoms with Crippen molar-refractivity contribution in [1.29, 1.82) is 0 Å². The highest BCUT2D eigenvalue weighted by molar-refractivity contribution is 7.99. The Balaban J connectivity index is 4.02. The maximum Gasteiger partial charge on any atom is 0.415 e. The maximum absolute atomic E-state index is 12.3. The van der Waals surface area contributed by atoms with Gasteiger partial charge in [0, 0.05) is 18.1 Å². The van der Waals surface area contributed by atoms with Gasteiger partial charge >= 0.3 is 6.18 Å². The number of hydrogen-bond acceptors (Lipinski definition) is 3. The minimum atomic E-state index is -4.74. The van der Waals surface area contributed by atoms with Crippen LogP contribution in [0.3, 0.4) is 0 Å². The van der Waals surface area contributed by atoms with E-state index in [0.29, 0.717) is 18.4 Å². The third kappa shape index (κ3) is 4.44. The quantitative estimate of drug-likeness (QED) is 0.556. The van der Waals surface area contributed by atoms with E-state index in [9.17, 15) is 18.0 Å². The molecule has 7 heteroatoms. The number of alkyl halides is 3. The number of nitrogens with one attached hydrogen (secondary N) is 1. The molecule has 0 heterocycles. The van der Waals surface area contributed by atoms with E-state index in [0.717, 1.165) is 0 Å². The van der Waals surface area contributed by atoms with E-state index in [4.69, 9.17) is 5.73 Å². The summed E-state index contributed by atoms with van der Waals surface area (Å²) in [6.07, 6.45) is -3.07. The van der Waals surface area contributed by atoms with Crippen LogP contribution in [0.25, 0.3) is 0 Å². The van der Waals surface area contributed by atoms with Crippen LogP contribution in [0.1, 0.15) is 6.92 Å². The number of nitrogens with two attached hydrogens (primary N) is 1. The highest BCUT2D eigenvalue weighted by Gasteiger charge is 2.53. The van der Waals surface area contributed by atoms with Gasteiger partial charge in [0.2, 0.25) is 5.91 Å². The summed E-state index contributed by atoms with van der Waals surface area (Å²) in [5, 5.41) is 2.15. The first-order chi connectivity index (χ1) is 7.23. The molecule has 0 aromatic rings. The molecule has 0 aromatic carbocycles. The van der Waals surface area contributed by atoms with Crippen LogP contribution in [0.5, 0.6) is 0 Å². The van der Waals surface area contributed by atoms with E-state index in [-0.39, 0.29) is 6.54 Å². The minimum Gasteiger partial charge on any atom is -0.353 e. The second-order valence-electron chi connectivity index (χ2n) is 3.32. The molecule has 94 valence electrons. The minimum absolute atomic E-state index is 0.153. The van der Waals surface area contributed by atoms with Crippen LogP contribution < -0.4 is 11.1 Å². The van der Waals surface area contributed by atoms with Crippen LogP contribution in [0, 0.1) is 0 Å². The lowest BCUT2D eigenvalue weighted by Gasteiger charge is -2.26. The van der Waals surface area contributed by atoms with Crippen LogP contribution in [0.4, 0.5) is 13.2 Å². The van der Waals surface area contributed by atoms with Gasteiger partial charge in [-0.05, 0) is 6.92 Å². The number of amides is 1. The van der Waals surface area contributed by atoms with Crippen molar-refractivity contribution in [2.45, 2.75) is 18.6 Å². The van der Waals surface area contributed by atoms with Gasteiger partial charge in [0.15, 0.2) is 5.54 Å². The summed E-state index contributed by atoms with van der Waals surface area (Å²) in [7, 11) is 0. The van der Waals surface area contributed by atoms with Gasteiger partial charge in [0.25, 0.3) is 0 Å². The molecule has 0 aliphatic heterocycles. The first-order valence-corrected chi connectivity index (χ1v) is 5.71. The number of rotatable bonds is 6. The Morgan fingerprint density at radius 1 is 1.56 bits per heavy atom. The molecule has 3 nitrogen and oxygen atoms in total. The molecule has 0 aliphatic carbocycles. The van der Waals surface area contributed by atoms with Gasteiger partial charge in [-0.3, -0.25) is 4.79 Å². The number of hydrogen-bond donors (Lipinski definition) is 2. The Labute approximate surface area is 96.6 Å². The van der Waals surface area contributed by atoms with Gasteiger partial charge in [-0.1, -0.05) is 6.08 Å². The smallest absolute Gasteiger partial charge is 0.353 e. The van der Waals surface area contributed by atoms with Crippen molar-refractivity contribution >= 4 is 17.7 Å². The van der Waals surface area contributed by atoms with Gasteiger partial charge < -0.3 is 11.1 Å². The van der Waals surface area contributed by atoms with Crippen LogP contribution in [0.2, 0.25) is 0 Å². The van der Waals surface area contributed by atoms with Crippen molar-refractivity contribution in [3.8, 4) is 0 Å². The Hall–Kier alpha value is -0.690. The predicted octanol–water partition coefficient (Wildman–Crippen LogP) is 1.30. The lowest BCUT2D eigenvalue weighted by molar-refractivity contribution is -0.187. The van der Waals surface area contributed by atoms with Gasteiger partial charge in [-0.2, -0.15) is 24.9 Å². The first-order valence-electron chi connectivity index (χ1n) is 4.56. The molecule has 1 unspecified atom stereocenters. The number of halogens is 3. The predicted molar refractivity (Wildman–Crippen MR) is 59.2 cm³/mol. The number of thioether (sulfide) groups is 1. The summed E-state index contributed by atoms with van der Waals surface area (Å²) in [6, 6.07) is 0. The lowest BCUT2D eigenvalue weighted by atomic mass is 10.0. The van der Waals surface area contributed by atoms with E-state index < -0.39 is 17.6 Å². The molecule has 0 radical (unpaired) electrons. The fraction of sp³-hybridized carbons (Fsp3) is 0.667. The molecule has 0 saturated heterocycles. The van der Waals surface area contributed by atoms with Gasteiger partial charge in [-0.25, -0.2) is 0 Å². The second kappa shape index (κ2) is 6.15. The second-order valence-corrected chi connectivity index (χ2v) is 4.47. The van der Waals surface area contributed by atoms with Crippen LogP contribution in [-0.2, 0) is 4.79 Å². The van der Waals surface area contributed by atoms with Crippen LogP contribution in [-0.4, -0.2) is 35.7 Å². The molecule has 0 spiro atoms. The third-order valence-electron chi connectivity index (χ3n) is 1.83. The van der Waals surface area contributed by atoms with Crippen molar-refractivity contribution in [2.24, 2.45) is 5.73 Å². The normalized spacial score (nSPS) is 15.3. The molecule has 0 aliphatic rings. The largest absolute Gasteiger partial charge is 0.415 e.